The van der Waals surface area contributed by atoms with Gasteiger partial charge in [0.2, 0.25) is 0 Å². The Morgan fingerprint density at radius 3 is 2.84 bits per heavy atom. The van der Waals surface area contributed by atoms with Crippen LogP contribution < -0.4 is 10.1 Å². The zero-order chi connectivity index (χ0) is 21.4. The van der Waals surface area contributed by atoms with Crippen molar-refractivity contribution in [3.8, 4) is 11.5 Å². The molecule has 0 saturated heterocycles. The molecule has 0 radical (unpaired) electrons. The van der Waals surface area contributed by atoms with Crippen LogP contribution in [0.4, 0.5) is 11.5 Å². The second-order valence-corrected chi connectivity index (χ2v) is 8.04. The first-order chi connectivity index (χ1) is 15.1. The van der Waals surface area contributed by atoms with Gasteiger partial charge < -0.3 is 14.6 Å². The lowest BCUT2D eigenvalue weighted by atomic mass is 10.3. The third kappa shape index (κ3) is 3.93. The summed E-state index contributed by atoms with van der Waals surface area (Å²) in [5.74, 6) is 1.51. The molecule has 1 N–H and O–H groups in total. The molecule has 0 aliphatic carbocycles. The van der Waals surface area contributed by atoms with Crippen LogP contribution in [0.1, 0.15) is 0 Å². The SMILES string of the molecule is C[S+]([O-])c1ncc2ncnc(Nc3ccc(Oc4ccn5ncnc5c4)c(Cl)c3)c2n1. The average molecular weight is 453 g/mol. The molecular formula is C19H13ClN8O2S. The normalized spacial score (nSPS) is 12.2. The molecule has 5 aromatic rings. The van der Waals surface area contributed by atoms with Crippen LogP contribution in [-0.2, 0) is 11.2 Å². The van der Waals surface area contributed by atoms with Gasteiger partial charge >= 0.3 is 5.16 Å². The average Bonchev–Trinajstić information content (AvgIpc) is 3.23. The molecule has 10 nitrogen and oxygen atoms in total. The van der Waals surface area contributed by atoms with E-state index in [1.807, 2.05) is 0 Å². The van der Waals surface area contributed by atoms with Crippen LogP contribution in [0, 0.1) is 0 Å². The Kier molecular flexibility index (Phi) is 4.98. The Balaban J connectivity index is 1.42. The lowest BCUT2D eigenvalue weighted by molar-refractivity contribution is 0.482. The molecule has 0 aliphatic rings. The van der Waals surface area contributed by atoms with Crippen LogP contribution in [0.15, 0.2) is 60.5 Å². The first-order valence-corrected chi connectivity index (χ1v) is 10.9. The van der Waals surface area contributed by atoms with Crippen molar-refractivity contribution in [3.63, 3.8) is 0 Å². The summed E-state index contributed by atoms with van der Waals surface area (Å²) in [7, 11) is 0. The molecule has 0 spiro atoms. The number of hydrogen-bond acceptors (Lipinski definition) is 9. The van der Waals surface area contributed by atoms with Crippen molar-refractivity contribution in [3.05, 3.63) is 60.4 Å². The van der Waals surface area contributed by atoms with Gasteiger partial charge in [-0.3, -0.25) is 0 Å². The Morgan fingerprint density at radius 2 is 2.00 bits per heavy atom. The number of halogens is 1. The Labute approximate surface area is 183 Å². The smallest absolute Gasteiger partial charge is 0.343 e. The zero-order valence-electron chi connectivity index (χ0n) is 15.9. The number of fused-ring (bicyclic) bond motifs is 2. The van der Waals surface area contributed by atoms with Gasteiger partial charge in [0.15, 0.2) is 11.5 Å². The van der Waals surface area contributed by atoms with Crippen molar-refractivity contribution in [1.82, 2.24) is 34.5 Å². The van der Waals surface area contributed by atoms with E-state index in [1.54, 1.807) is 41.0 Å². The number of nitrogens with zero attached hydrogens (tertiary/aromatic N) is 7. The van der Waals surface area contributed by atoms with Gasteiger partial charge in [0.05, 0.1) is 11.2 Å². The summed E-state index contributed by atoms with van der Waals surface area (Å²) in [6, 6.07) is 8.78. The van der Waals surface area contributed by atoms with Crippen molar-refractivity contribution >= 4 is 51.0 Å². The summed E-state index contributed by atoms with van der Waals surface area (Å²) in [4.78, 5) is 20.9. The number of ether oxygens (including phenoxy) is 1. The standard InChI is InChI=1S/C19H13ClN8O2S/c1-31(29)19-21-8-14-17(27-19)18(24-9-22-14)26-11-2-3-15(13(20)6-11)30-12-4-5-28-16(7-12)23-10-25-28/h2-10H,1H3,(H,22,24,26). The first kappa shape index (κ1) is 19.4. The molecule has 1 aromatic carbocycles. The van der Waals surface area contributed by atoms with Crippen LogP contribution in [0.2, 0.25) is 5.02 Å². The molecule has 0 amide bonds. The number of hydrogen-bond donors (Lipinski definition) is 1. The molecule has 0 fully saturated rings. The van der Waals surface area contributed by atoms with E-state index in [4.69, 9.17) is 16.3 Å². The van der Waals surface area contributed by atoms with Gasteiger partial charge in [-0.1, -0.05) is 11.6 Å². The summed E-state index contributed by atoms with van der Waals surface area (Å²) in [5.41, 5.74) is 2.32. The molecule has 0 aliphatic heterocycles. The van der Waals surface area contributed by atoms with E-state index in [-0.39, 0.29) is 5.16 Å². The van der Waals surface area contributed by atoms with Gasteiger partial charge in [0.1, 0.15) is 41.4 Å². The van der Waals surface area contributed by atoms with E-state index in [2.05, 4.69) is 35.3 Å². The predicted octanol–water partition coefficient (Wildman–Crippen LogP) is 3.39. The zero-order valence-corrected chi connectivity index (χ0v) is 17.5. The number of pyridine rings is 1. The van der Waals surface area contributed by atoms with Crippen LogP contribution in [-0.4, -0.2) is 45.3 Å². The minimum absolute atomic E-state index is 0.205. The maximum absolute atomic E-state index is 11.7. The second-order valence-electron chi connectivity index (χ2n) is 6.36. The van der Waals surface area contributed by atoms with Gasteiger partial charge in [-0.25, -0.2) is 19.5 Å². The summed E-state index contributed by atoms with van der Waals surface area (Å²) < 4.78 is 19.3. The Bertz CT molecular complexity index is 1410. The van der Waals surface area contributed by atoms with Gasteiger partial charge in [-0.05, 0) is 24.3 Å². The summed E-state index contributed by atoms with van der Waals surface area (Å²) in [6.07, 6.45) is 7.65. The van der Waals surface area contributed by atoms with Gasteiger partial charge in [0.25, 0.3) is 0 Å². The highest BCUT2D eigenvalue weighted by Crippen LogP contribution is 2.33. The highest BCUT2D eigenvalue weighted by molar-refractivity contribution is 7.90. The van der Waals surface area contributed by atoms with E-state index >= 15 is 0 Å². The number of aromatic nitrogens is 7. The molecule has 4 aromatic heterocycles. The van der Waals surface area contributed by atoms with Crippen LogP contribution in [0.5, 0.6) is 11.5 Å². The van der Waals surface area contributed by atoms with Crippen LogP contribution in [0.3, 0.4) is 0 Å². The Hall–Kier alpha value is -3.54. The van der Waals surface area contributed by atoms with Gasteiger partial charge in [-0.15, -0.1) is 0 Å². The Morgan fingerprint density at radius 1 is 1.10 bits per heavy atom. The largest absolute Gasteiger partial charge is 0.609 e. The molecule has 1 unspecified atom stereocenters. The van der Waals surface area contributed by atoms with Crippen molar-refractivity contribution in [2.24, 2.45) is 0 Å². The van der Waals surface area contributed by atoms with E-state index < -0.39 is 11.2 Å². The van der Waals surface area contributed by atoms with Gasteiger partial charge in [0, 0.05) is 29.1 Å². The molecule has 0 saturated carbocycles. The van der Waals surface area contributed by atoms with Crippen molar-refractivity contribution in [2.75, 3.05) is 11.6 Å². The minimum atomic E-state index is -1.33. The van der Waals surface area contributed by atoms with E-state index in [0.29, 0.717) is 44.7 Å². The molecular weight excluding hydrogens is 440 g/mol. The number of anilines is 2. The second kappa shape index (κ2) is 7.95. The molecule has 4 heterocycles. The first-order valence-electron chi connectivity index (χ1n) is 8.92. The quantitative estimate of drug-likeness (QED) is 0.315. The fourth-order valence-electron chi connectivity index (χ4n) is 2.85. The predicted molar refractivity (Wildman–Crippen MR) is 115 cm³/mol. The van der Waals surface area contributed by atoms with E-state index in [1.165, 1.54) is 25.1 Å². The third-order valence-corrected chi connectivity index (χ3v) is 5.29. The molecule has 1 atom stereocenters. The topological polar surface area (TPSA) is 126 Å². The van der Waals surface area contributed by atoms with E-state index in [0.717, 1.165) is 0 Å². The highest BCUT2D eigenvalue weighted by Gasteiger charge is 2.14. The van der Waals surface area contributed by atoms with Crippen molar-refractivity contribution in [1.29, 1.82) is 0 Å². The van der Waals surface area contributed by atoms with Crippen LogP contribution in [0.25, 0.3) is 16.7 Å². The minimum Gasteiger partial charge on any atom is -0.609 e. The number of rotatable bonds is 5. The van der Waals surface area contributed by atoms with Crippen LogP contribution >= 0.6 is 11.6 Å². The molecule has 12 heteroatoms. The molecule has 154 valence electrons. The molecule has 5 rings (SSSR count). The lowest BCUT2D eigenvalue weighted by Gasteiger charge is -2.11. The van der Waals surface area contributed by atoms with E-state index in [9.17, 15) is 4.55 Å². The summed E-state index contributed by atoms with van der Waals surface area (Å²) >= 11 is 5.11. The van der Waals surface area contributed by atoms with Gasteiger partial charge in [-0.2, -0.15) is 15.1 Å². The lowest BCUT2D eigenvalue weighted by Crippen LogP contribution is -2.06. The fourth-order valence-corrected chi connectivity index (χ4v) is 3.49. The summed E-state index contributed by atoms with van der Waals surface area (Å²) in [6.45, 7) is 0. The third-order valence-electron chi connectivity index (χ3n) is 4.29. The molecule has 31 heavy (non-hydrogen) atoms. The number of nitrogens with one attached hydrogen (secondary N) is 1. The molecule has 0 bridgehead atoms. The van der Waals surface area contributed by atoms with Crippen molar-refractivity contribution < 1.29 is 9.29 Å². The maximum Gasteiger partial charge on any atom is 0.343 e. The highest BCUT2D eigenvalue weighted by atomic mass is 35.5. The fraction of sp³-hybridized carbons (Fsp3) is 0.0526. The number of benzene rings is 1. The maximum atomic E-state index is 11.7. The monoisotopic (exact) mass is 452 g/mol. The van der Waals surface area contributed by atoms with Crippen molar-refractivity contribution in [2.45, 2.75) is 5.16 Å². The summed E-state index contributed by atoms with van der Waals surface area (Å²) in [5, 5.41) is 7.82.